The molecule has 1 N–H and O–H groups in total. The van der Waals surface area contributed by atoms with Crippen molar-refractivity contribution in [2.45, 2.75) is 32.8 Å². The van der Waals surface area contributed by atoms with Crippen LogP contribution in [0.2, 0.25) is 0 Å². The Morgan fingerprint density at radius 3 is 2.45 bits per heavy atom. The fourth-order valence-corrected chi connectivity index (χ4v) is 1.69. The summed E-state index contributed by atoms with van der Waals surface area (Å²) in [5.74, 6) is 1.24. The molecule has 1 aromatic carbocycles. The van der Waals surface area contributed by atoms with Crippen molar-refractivity contribution in [1.29, 1.82) is 0 Å². The van der Waals surface area contributed by atoms with Crippen molar-refractivity contribution in [3.8, 4) is 5.75 Å². The van der Waals surface area contributed by atoms with Gasteiger partial charge in [0, 0.05) is 6.07 Å². The van der Waals surface area contributed by atoms with Crippen LogP contribution in [0.25, 0.3) is 0 Å². The highest BCUT2D eigenvalue weighted by Crippen LogP contribution is 2.19. The van der Waals surface area contributed by atoms with E-state index in [1.165, 1.54) is 11.8 Å². The molecule has 0 aliphatic rings. The molecule has 1 atom stereocenters. The third-order valence-electron chi connectivity index (χ3n) is 2.92. The van der Waals surface area contributed by atoms with Gasteiger partial charge >= 0.3 is 0 Å². The second-order valence-corrected chi connectivity index (χ2v) is 4.86. The number of ether oxygens (including phenoxy) is 1. The predicted molar refractivity (Wildman–Crippen MR) is 75.8 cm³/mol. The van der Waals surface area contributed by atoms with Crippen LogP contribution in [0.15, 0.2) is 41.1 Å². The fraction of sp³-hybridized carbons (Fsp3) is 0.333. The van der Waals surface area contributed by atoms with E-state index in [1.54, 1.807) is 13.0 Å². The number of nitrogens with one attached hydrogen (secondary N) is 1. The number of amides is 1. The van der Waals surface area contributed by atoms with Gasteiger partial charge in [0.15, 0.2) is 11.9 Å². The average molecular weight is 274 g/mol. The Balaban J connectivity index is 1.93. The lowest BCUT2D eigenvalue weighted by Gasteiger charge is -2.14. The Hall–Kier alpha value is -2.30. The molecule has 5 heteroatoms. The molecule has 2 rings (SSSR count). The number of nitrogens with zero attached hydrogens (tertiary/aromatic N) is 1. The molecule has 0 aliphatic carbocycles. The van der Waals surface area contributed by atoms with Gasteiger partial charge in [-0.2, -0.15) is 0 Å². The van der Waals surface area contributed by atoms with Crippen molar-refractivity contribution in [1.82, 2.24) is 5.16 Å². The Kier molecular flexibility index (Phi) is 4.40. The van der Waals surface area contributed by atoms with Crippen LogP contribution in [-0.2, 0) is 4.79 Å². The van der Waals surface area contributed by atoms with Crippen LogP contribution in [0.3, 0.4) is 0 Å². The first-order valence-corrected chi connectivity index (χ1v) is 6.54. The van der Waals surface area contributed by atoms with Crippen molar-refractivity contribution in [3.63, 3.8) is 0 Å². The number of anilines is 1. The molecule has 0 fully saturated rings. The molecule has 1 heterocycles. The number of aromatic nitrogens is 1. The molecule has 0 aliphatic heterocycles. The molecule has 20 heavy (non-hydrogen) atoms. The van der Waals surface area contributed by atoms with E-state index in [4.69, 9.17) is 4.74 Å². The van der Waals surface area contributed by atoms with E-state index < -0.39 is 6.10 Å². The van der Waals surface area contributed by atoms with Crippen molar-refractivity contribution >= 4 is 11.7 Å². The zero-order chi connectivity index (χ0) is 14.5. The first kappa shape index (κ1) is 14.1. The fourth-order valence-electron chi connectivity index (χ4n) is 1.69. The Morgan fingerprint density at radius 1 is 1.20 bits per heavy atom. The highest BCUT2D eigenvalue weighted by Gasteiger charge is 2.15. The Labute approximate surface area is 117 Å². The predicted octanol–water partition coefficient (Wildman–Crippen LogP) is 3.20. The normalized spacial score (nSPS) is 12.2. The molecule has 0 unspecified atom stereocenters. The number of carbonyl (C=O) groups excluding carboxylic acids is 1. The molecule has 0 saturated carbocycles. The lowest BCUT2D eigenvalue weighted by Crippen LogP contribution is -2.30. The molecule has 5 nitrogen and oxygen atoms in total. The average Bonchev–Trinajstić information content (AvgIpc) is 2.92. The minimum Gasteiger partial charge on any atom is -0.481 e. The smallest absolute Gasteiger partial charge is 0.266 e. The highest BCUT2D eigenvalue weighted by atomic mass is 16.5. The van der Waals surface area contributed by atoms with Gasteiger partial charge in [-0.25, -0.2) is 0 Å². The number of hydrogen-bond acceptors (Lipinski definition) is 4. The van der Waals surface area contributed by atoms with Crippen molar-refractivity contribution < 1.29 is 14.1 Å². The highest BCUT2D eigenvalue weighted by molar-refractivity contribution is 5.93. The second kappa shape index (κ2) is 6.23. The summed E-state index contributed by atoms with van der Waals surface area (Å²) in [5.41, 5.74) is 1.23. The third kappa shape index (κ3) is 3.60. The lowest BCUT2D eigenvalue weighted by molar-refractivity contribution is -0.122. The van der Waals surface area contributed by atoms with E-state index in [2.05, 4.69) is 28.8 Å². The van der Waals surface area contributed by atoms with Crippen LogP contribution < -0.4 is 10.1 Å². The van der Waals surface area contributed by atoms with Crippen LogP contribution in [0.1, 0.15) is 32.3 Å². The maximum atomic E-state index is 11.9. The summed E-state index contributed by atoms with van der Waals surface area (Å²) in [7, 11) is 0. The SMILES string of the molecule is CC(C)c1ccc(O[C@H](C)C(=O)Nc2ccon2)cc1. The van der Waals surface area contributed by atoms with Crippen LogP contribution in [-0.4, -0.2) is 17.2 Å². The van der Waals surface area contributed by atoms with Gasteiger partial charge in [-0.1, -0.05) is 31.1 Å². The van der Waals surface area contributed by atoms with Gasteiger partial charge < -0.3 is 14.6 Å². The van der Waals surface area contributed by atoms with Crippen LogP contribution in [0.4, 0.5) is 5.82 Å². The standard InChI is InChI=1S/C15H18N2O3/c1-10(2)12-4-6-13(7-5-12)20-11(3)15(18)16-14-8-9-19-17-14/h4-11H,1-3H3,(H,16,17,18)/t11-/m1/s1. The van der Waals surface area contributed by atoms with E-state index in [1.807, 2.05) is 24.3 Å². The minimum absolute atomic E-state index is 0.271. The van der Waals surface area contributed by atoms with Gasteiger partial charge in [-0.05, 0) is 30.5 Å². The van der Waals surface area contributed by atoms with Gasteiger partial charge in [-0.15, -0.1) is 0 Å². The summed E-state index contributed by atoms with van der Waals surface area (Å²) in [5, 5.41) is 6.22. The topological polar surface area (TPSA) is 64.4 Å². The molecule has 1 aromatic heterocycles. The summed E-state index contributed by atoms with van der Waals surface area (Å²) < 4.78 is 10.2. The summed E-state index contributed by atoms with van der Waals surface area (Å²) in [6, 6.07) is 9.32. The molecule has 1 amide bonds. The Bertz CT molecular complexity index is 547. The number of carbonyl (C=O) groups is 1. The van der Waals surface area contributed by atoms with E-state index in [9.17, 15) is 4.79 Å². The van der Waals surface area contributed by atoms with Gasteiger partial charge in [0.05, 0.1) is 0 Å². The summed E-state index contributed by atoms with van der Waals surface area (Å²) in [4.78, 5) is 11.9. The zero-order valence-corrected chi connectivity index (χ0v) is 11.8. The molecule has 106 valence electrons. The van der Waals surface area contributed by atoms with Crippen LogP contribution >= 0.6 is 0 Å². The van der Waals surface area contributed by atoms with Gasteiger partial charge in [-0.3, -0.25) is 4.79 Å². The lowest BCUT2D eigenvalue weighted by atomic mass is 10.0. The minimum atomic E-state index is -0.614. The monoisotopic (exact) mass is 274 g/mol. The molecule has 0 saturated heterocycles. The first-order valence-electron chi connectivity index (χ1n) is 6.54. The van der Waals surface area contributed by atoms with E-state index >= 15 is 0 Å². The maximum absolute atomic E-state index is 11.9. The third-order valence-corrected chi connectivity index (χ3v) is 2.92. The zero-order valence-electron chi connectivity index (χ0n) is 11.8. The van der Waals surface area contributed by atoms with Crippen molar-refractivity contribution in [2.75, 3.05) is 5.32 Å². The number of benzene rings is 1. The van der Waals surface area contributed by atoms with E-state index in [-0.39, 0.29) is 5.91 Å². The molecule has 0 bridgehead atoms. The number of hydrogen-bond donors (Lipinski definition) is 1. The molecule has 0 spiro atoms. The molecule has 2 aromatic rings. The quantitative estimate of drug-likeness (QED) is 0.909. The largest absolute Gasteiger partial charge is 0.481 e. The summed E-state index contributed by atoms with van der Waals surface area (Å²) >= 11 is 0. The molecular formula is C15H18N2O3. The van der Waals surface area contributed by atoms with Gasteiger partial charge in [0.1, 0.15) is 12.0 Å². The van der Waals surface area contributed by atoms with Crippen molar-refractivity contribution in [2.24, 2.45) is 0 Å². The van der Waals surface area contributed by atoms with Gasteiger partial charge in [0.2, 0.25) is 0 Å². The van der Waals surface area contributed by atoms with Gasteiger partial charge in [0.25, 0.3) is 5.91 Å². The van der Waals surface area contributed by atoms with Crippen LogP contribution in [0, 0.1) is 0 Å². The maximum Gasteiger partial charge on any atom is 0.266 e. The molecular weight excluding hydrogens is 256 g/mol. The molecule has 0 radical (unpaired) electrons. The second-order valence-electron chi connectivity index (χ2n) is 4.86. The summed E-state index contributed by atoms with van der Waals surface area (Å²) in [6.45, 7) is 5.94. The van der Waals surface area contributed by atoms with E-state index in [0.29, 0.717) is 17.5 Å². The first-order chi connectivity index (χ1) is 9.56. The van der Waals surface area contributed by atoms with Crippen molar-refractivity contribution in [3.05, 3.63) is 42.2 Å². The van der Waals surface area contributed by atoms with Crippen LogP contribution in [0.5, 0.6) is 5.75 Å². The number of rotatable bonds is 5. The van der Waals surface area contributed by atoms with E-state index in [0.717, 1.165) is 0 Å². The summed E-state index contributed by atoms with van der Waals surface area (Å²) in [6.07, 6.45) is 0.780. The Morgan fingerprint density at radius 2 is 1.90 bits per heavy atom.